The third-order valence-electron chi connectivity index (χ3n) is 4.10. The van der Waals surface area contributed by atoms with E-state index >= 15 is 0 Å². The molecule has 0 amide bonds. The molecule has 3 rings (SSSR count). The van der Waals surface area contributed by atoms with E-state index in [0.29, 0.717) is 40.2 Å². The molecule has 1 aromatic heterocycles. The van der Waals surface area contributed by atoms with Crippen LogP contribution in [0.2, 0.25) is 10.0 Å². The Morgan fingerprint density at radius 3 is 2.54 bits per heavy atom. The summed E-state index contributed by atoms with van der Waals surface area (Å²) in [6.45, 7) is 1.41. The van der Waals surface area contributed by atoms with Crippen LogP contribution < -0.4 is 14.8 Å². The number of halogens is 3. The Balaban J connectivity index is 1.66. The van der Waals surface area contributed by atoms with E-state index in [9.17, 15) is 4.39 Å². The van der Waals surface area contributed by atoms with Crippen LogP contribution in [-0.2, 0) is 19.7 Å². The van der Waals surface area contributed by atoms with Crippen LogP contribution in [0.5, 0.6) is 11.5 Å². The highest BCUT2D eigenvalue weighted by Crippen LogP contribution is 2.34. The van der Waals surface area contributed by atoms with E-state index in [4.69, 9.17) is 32.7 Å². The SMILES string of the molecule is COc1cc(CNCc2cccnc2)c(Cl)cc1OCc1ccc(F)cc1Cl. The van der Waals surface area contributed by atoms with Crippen LogP contribution in [0.1, 0.15) is 16.7 Å². The van der Waals surface area contributed by atoms with Crippen molar-refractivity contribution in [3.8, 4) is 11.5 Å². The normalized spacial score (nSPS) is 10.7. The molecule has 0 aliphatic rings. The van der Waals surface area contributed by atoms with Gasteiger partial charge in [0.1, 0.15) is 12.4 Å². The predicted octanol–water partition coefficient (Wildman–Crippen LogP) is 5.40. The van der Waals surface area contributed by atoms with Crippen molar-refractivity contribution in [1.82, 2.24) is 10.3 Å². The van der Waals surface area contributed by atoms with Crippen LogP contribution >= 0.6 is 23.2 Å². The van der Waals surface area contributed by atoms with Crippen LogP contribution in [0.4, 0.5) is 4.39 Å². The van der Waals surface area contributed by atoms with Gasteiger partial charge in [-0.15, -0.1) is 0 Å². The molecule has 0 saturated heterocycles. The molecule has 0 bridgehead atoms. The van der Waals surface area contributed by atoms with Crippen LogP contribution in [0.3, 0.4) is 0 Å². The maximum atomic E-state index is 13.2. The average Bonchev–Trinajstić information content (AvgIpc) is 2.69. The standard InChI is InChI=1S/C21H19Cl2FN2O2/c1-27-20-7-16(12-26-11-14-3-2-6-25-10-14)19(23)9-21(20)28-13-15-4-5-17(24)8-18(15)22/h2-10,26H,11-13H2,1H3. The minimum absolute atomic E-state index is 0.171. The second-order valence-electron chi connectivity index (χ2n) is 6.08. The number of ether oxygens (including phenoxy) is 2. The third kappa shape index (κ3) is 5.35. The zero-order valence-electron chi connectivity index (χ0n) is 15.2. The zero-order chi connectivity index (χ0) is 19.9. The van der Waals surface area contributed by atoms with Gasteiger partial charge in [-0.05, 0) is 35.4 Å². The fourth-order valence-corrected chi connectivity index (χ4v) is 3.07. The summed E-state index contributed by atoms with van der Waals surface area (Å²) >= 11 is 12.5. The van der Waals surface area contributed by atoms with Gasteiger partial charge in [0.2, 0.25) is 0 Å². The first-order valence-electron chi connectivity index (χ1n) is 8.59. The van der Waals surface area contributed by atoms with Crippen molar-refractivity contribution in [2.24, 2.45) is 0 Å². The van der Waals surface area contributed by atoms with Gasteiger partial charge in [-0.2, -0.15) is 0 Å². The van der Waals surface area contributed by atoms with Gasteiger partial charge < -0.3 is 14.8 Å². The lowest BCUT2D eigenvalue weighted by molar-refractivity contribution is 0.284. The molecular formula is C21H19Cl2FN2O2. The van der Waals surface area contributed by atoms with E-state index in [2.05, 4.69) is 10.3 Å². The van der Waals surface area contributed by atoms with Crippen molar-refractivity contribution in [3.05, 3.63) is 87.4 Å². The van der Waals surface area contributed by atoms with Crippen molar-refractivity contribution >= 4 is 23.2 Å². The van der Waals surface area contributed by atoms with Crippen molar-refractivity contribution in [3.63, 3.8) is 0 Å². The van der Waals surface area contributed by atoms with Crippen molar-refractivity contribution in [2.45, 2.75) is 19.7 Å². The van der Waals surface area contributed by atoms with Crippen LogP contribution in [-0.4, -0.2) is 12.1 Å². The van der Waals surface area contributed by atoms with Gasteiger partial charge in [-0.25, -0.2) is 4.39 Å². The molecule has 0 radical (unpaired) electrons. The van der Waals surface area contributed by atoms with Gasteiger partial charge in [0.25, 0.3) is 0 Å². The number of rotatable bonds is 8. The molecular weight excluding hydrogens is 402 g/mol. The molecule has 2 aromatic carbocycles. The van der Waals surface area contributed by atoms with E-state index < -0.39 is 5.82 Å². The number of hydrogen-bond donors (Lipinski definition) is 1. The fraction of sp³-hybridized carbons (Fsp3) is 0.190. The van der Waals surface area contributed by atoms with Crippen molar-refractivity contribution in [1.29, 1.82) is 0 Å². The lowest BCUT2D eigenvalue weighted by Gasteiger charge is -2.15. The number of aromatic nitrogens is 1. The van der Waals surface area contributed by atoms with E-state index in [1.807, 2.05) is 24.4 Å². The summed E-state index contributed by atoms with van der Waals surface area (Å²) in [6, 6.07) is 11.6. The molecule has 0 saturated carbocycles. The average molecular weight is 421 g/mol. The zero-order valence-corrected chi connectivity index (χ0v) is 16.7. The predicted molar refractivity (Wildman–Crippen MR) is 109 cm³/mol. The molecule has 4 nitrogen and oxygen atoms in total. The lowest BCUT2D eigenvalue weighted by atomic mass is 10.2. The molecule has 146 valence electrons. The minimum Gasteiger partial charge on any atom is -0.493 e. The number of nitrogens with one attached hydrogen (secondary N) is 1. The summed E-state index contributed by atoms with van der Waals surface area (Å²) in [5, 5.41) is 4.19. The van der Waals surface area contributed by atoms with Gasteiger partial charge in [0.15, 0.2) is 11.5 Å². The van der Waals surface area contributed by atoms with Gasteiger partial charge >= 0.3 is 0 Å². The topological polar surface area (TPSA) is 43.4 Å². The summed E-state index contributed by atoms with van der Waals surface area (Å²) in [6.07, 6.45) is 3.55. The van der Waals surface area contributed by atoms with E-state index in [-0.39, 0.29) is 6.61 Å². The van der Waals surface area contributed by atoms with Crippen LogP contribution in [0.25, 0.3) is 0 Å². The Morgan fingerprint density at radius 1 is 1.00 bits per heavy atom. The maximum Gasteiger partial charge on any atom is 0.163 e. The maximum absolute atomic E-state index is 13.2. The van der Waals surface area contributed by atoms with Crippen LogP contribution in [0.15, 0.2) is 54.9 Å². The number of methoxy groups -OCH3 is 1. The molecule has 0 aliphatic heterocycles. The van der Waals surface area contributed by atoms with Gasteiger partial charge in [0.05, 0.1) is 12.1 Å². The van der Waals surface area contributed by atoms with Crippen LogP contribution in [0, 0.1) is 5.82 Å². The van der Waals surface area contributed by atoms with Crippen molar-refractivity contribution < 1.29 is 13.9 Å². The summed E-state index contributed by atoms with van der Waals surface area (Å²) in [5.74, 6) is 0.655. The molecule has 0 spiro atoms. The Bertz CT molecular complexity index is 939. The quantitative estimate of drug-likeness (QED) is 0.529. The minimum atomic E-state index is -0.391. The highest BCUT2D eigenvalue weighted by Gasteiger charge is 2.12. The summed E-state index contributed by atoms with van der Waals surface area (Å²) < 4.78 is 24.4. The molecule has 0 aliphatic carbocycles. The number of nitrogens with zero attached hydrogens (tertiary/aromatic N) is 1. The summed E-state index contributed by atoms with van der Waals surface area (Å²) in [7, 11) is 1.56. The largest absolute Gasteiger partial charge is 0.493 e. The monoisotopic (exact) mass is 420 g/mol. The van der Waals surface area contributed by atoms with Gasteiger partial charge in [-0.1, -0.05) is 35.3 Å². The number of benzene rings is 2. The first-order valence-corrected chi connectivity index (χ1v) is 9.35. The Morgan fingerprint density at radius 2 is 1.82 bits per heavy atom. The van der Waals surface area contributed by atoms with E-state index in [1.54, 1.807) is 25.4 Å². The van der Waals surface area contributed by atoms with E-state index in [1.165, 1.54) is 12.1 Å². The molecule has 0 fully saturated rings. The highest BCUT2D eigenvalue weighted by atomic mass is 35.5. The summed E-state index contributed by atoms with van der Waals surface area (Å²) in [4.78, 5) is 4.09. The number of pyridine rings is 1. The third-order valence-corrected chi connectivity index (χ3v) is 4.80. The number of hydrogen-bond acceptors (Lipinski definition) is 4. The Hall–Kier alpha value is -2.34. The first kappa shape index (κ1) is 20.4. The first-order chi connectivity index (χ1) is 13.6. The van der Waals surface area contributed by atoms with Gasteiger partial charge in [-0.3, -0.25) is 4.98 Å². The second kappa shape index (κ2) is 9.73. The molecule has 0 atom stereocenters. The Labute approximate surface area is 173 Å². The fourth-order valence-electron chi connectivity index (χ4n) is 2.62. The summed E-state index contributed by atoms with van der Waals surface area (Å²) in [5.41, 5.74) is 2.64. The molecule has 1 heterocycles. The lowest BCUT2D eigenvalue weighted by Crippen LogP contribution is -2.13. The second-order valence-corrected chi connectivity index (χ2v) is 6.90. The highest BCUT2D eigenvalue weighted by molar-refractivity contribution is 6.31. The van der Waals surface area contributed by atoms with E-state index in [0.717, 1.165) is 11.1 Å². The molecule has 3 aromatic rings. The molecule has 7 heteroatoms. The molecule has 0 unspecified atom stereocenters. The van der Waals surface area contributed by atoms with Gasteiger partial charge in [0, 0.05) is 42.1 Å². The van der Waals surface area contributed by atoms with Crippen molar-refractivity contribution in [2.75, 3.05) is 7.11 Å². The molecule has 1 N–H and O–H groups in total. The molecule has 28 heavy (non-hydrogen) atoms. The smallest absolute Gasteiger partial charge is 0.163 e. The Kier molecular flexibility index (Phi) is 7.09.